The largest absolute Gasteiger partial charge is 0.392 e. The lowest BCUT2D eigenvalue weighted by molar-refractivity contribution is -0.130. The Bertz CT molecular complexity index is 459. The molecule has 1 aliphatic rings. The van der Waals surface area contributed by atoms with Gasteiger partial charge >= 0.3 is 6.03 Å². The van der Waals surface area contributed by atoms with E-state index in [9.17, 15) is 14.7 Å². The van der Waals surface area contributed by atoms with Crippen molar-refractivity contribution in [1.82, 2.24) is 15.1 Å². The third-order valence-corrected chi connectivity index (χ3v) is 6.03. The van der Waals surface area contributed by atoms with Crippen LogP contribution in [0.2, 0.25) is 0 Å². The van der Waals surface area contributed by atoms with E-state index in [0.717, 1.165) is 45.2 Å². The number of amides is 3. The van der Waals surface area contributed by atoms with E-state index in [0.29, 0.717) is 19.5 Å². The molecule has 0 radical (unpaired) electrons. The summed E-state index contributed by atoms with van der Waals surface area (Å²) in [5, 5.41) is 13.4. The van der Waals surface area contributed by atoms with Crippen LogP contribution >= 0.6 is 0 Å². The van der Waals surface area contributed by atoms with Crippen LogP contribution in [-0.4, -0.2) is 66.2 Å². The molecule has 1 rings (SSSR count). The zero-order valence-electron chi connectivity index (χ0n) is 19.7. The zero-order chi connectivity index (χ0) is 22.0. The molecule has 0 aromatic carbocycles. The molecule has 176 valence electrons. The van der Waals surface area contributed by atoms with Crippen molar-refractivity contribution >= 4 is 11.9 Å². The van der Waals surface area contributed by atoms with E-state index in [1.54, 1.807) is 11.9 Å². The first-order valence-electron chi connectivity index (χ1n) is 12.5. The van der Waals surface area contributed by atoms with Crippen LogP contribution < -0.4 is 5.32 Å². The molecule has 0 saturated carbocycles. The van der Waals surface area contributed by atoms with Gasteiger partial charge in [-0.2, -0.15) is 0 Å². The van der Waals surface area contributed by atoms with Gasteiger partial charge in [0.15, 0.2) is 0 Å². The Morgan fingerprint density at radius 3 is 2.20 bits per heavy atom. The number of hydrogen-bond donors (Lipinski definition) is 2. The summed E-state index contributed by atoms with van der Waals surface area (Å²) >= 11 is 0. The van der Waals surface area contributed by atoms with E-state index in [1.165, 1.54) is 62.7 Å². The Morgan fingerprint density at radius 1 is 0.900 bits per heavy atom. The molecule has 1 unspecified atom stereocenters. The lowest BCUT2D eigenvalue weighted by Gasteiger charge is -2.31. The Morgan fingerprint density at radius 2 is 1.50 bits per heavy atom. The van der Waals surface area contributed by atoms with E-state index in [-0.39, 0.29) is 18.0 Å². The number of urea groups is 1. The summed E-state index contributed by atoms with van der Waals surface area (Å²) in [4.78, 5) is 26.9. The van der Waals surface area contributed by atoms with Gasteiger partial charge in [-0.25, -0.2) is 4.79 Å². The minimum atomic E-state index is -0.220. The second kappa shape index (κ2) is 17.5. The predicted octanol–water partition coefficient (Wildman–Crippen LogP) is 4.70. The van der Waals surface area contributed by atoms with Gasteiger partial charge in [0.1, 0.15) is 0 Å². The van der Waals surface area contributed by atoms with Crippen molar-refractivity contribution in [3.8, 4) is 0 Å². The molecule has 0 aromatic heterocycles. The molecule has 0 spiro atoms. The number of hydrogen-bond acceptors (Lipinski definition) is 4. The van der Waals surface area contributed by atoms with Gasteiger partial charge in [0.2, 0.25) is 5.91 Å². The van der Waals surface area contributed by atoms with Crippen molar-refractivity contribution in [3.05, 3.63) is 0 Å². The molecule has 1 heterocycles. The van der Waals surface area contributed by atoms with Gasteiger partial charge < -0.3 is 15.3 Å². The van der Waals surface area contributed by atoms with Crippen molar-refractivity contribution in [2.75, 3.05) is 33.2 Å². The van der Waals surface area contributed by atoms with Gasteiger partial charge in [-0.15, -0.1) is 0 Å². The zero-order valence-corrected chi connectivity index (χ0v) is 19.7. The summed E-state index contributed by atoms with van der Waals surface area (Å²) in [5.74, 6) is -0.0295. The van der Waals surface area contributed by atoms with Crippen LogP contribution in [0.25, 0.3) is 0 Å². The number of rotatable bonds is 19. The Balaban J connectivity index is 1.85. The second-order valence-corrected chi connectivity index (χ2v) is 8.89. The normalized spacial score (nSPS) is 15.8. The fourth-order valence-corrected chi connectivity index (χ4v) is 3.96. The topological polar surface area (TPSA) is 72.9 Å². The van der Waals surface area contributed by atoms with Crippen LogP contribution in [0.1, 0.15) is 103 Å². The minimum absolute atomic E-state index is 0.0295. The molecule has 1 aliphatic heterocycles. The standard InChI is InChI=1S/C24H47N3O3/c1-3-4-5-6-11-14-18-25-21-22(28)16-13-10-8-7-9-12-15-19-27-23(29)17-20-26(2)24(27)30/h22,25,28H,3-21H2,1-2H3. The fraction of sp³-hybridized carbons (Fsp3) is 0.917. The van der Waals surface area contributed by atoms with E-state index in [2.05, 4.69) is 12.2 Å². The van der Waals surface area contributed by atoms with Crippen LogP contribution in [0.15, 0.2) is 0 Å². The Kier molecular flexibility index (Phi) is 15.7. The van der Waals surface area contributed by atoms with Crippen molar-refractivity contribution in [2.24, 2.45) is 0 Å². The van der Waals surface area contributed by atoms with Crippen molar-refractivity contribution < 1.29 is 14.7 Å². The number of aliphatic hydroxyl groups excluding tert-OH is 1. The first-order valence-corrected chi connectivity index (χ1v) is 12.5. The molecule has 1 atom stereocenters. The molecule has 2 N–H and O–H groups in total. The number of nitrogens with one attached hydrogen (secondary N) is 1. The van der Waals surface area contributed by atoms with E-state index in [1.807, 2.05) is 0 Å². The highest BCUT2D eigenvalue weighted by atomic mass is 16.3. The molecule has 0 aromatic rings. The van der Waals surface area contributed by atoms with E-state index in [4.69, 9.17) is 0 Å². The highest BCUT2D eigenvalue weighted by Crippen LogP contribution is 2.13. The van der Waals surface area contributed by atoms with E-state index >= 15 is 0 Å². The molecule has 6 heteroatoms. The van der Waals surface area contributed by atoms with Crippen LogP contribution in [0.5, 0.6) is 0 Å². The van der Waals surface area contributed by atoms with Crippen LogP contribution in [-0.2, 0) is 4.79 Å². The quantitative estimate of drug-likeness (QED) is 0.294. The Labute approximate surface area is 184 Å². The highest BCUT2D eigenvalue weighted by Gasteiger charge is 2.28. The van der Waals surface area contributed by atoms with Crippen molar-refractivity contribution in [1.29, 1.82) is 0 Å². The summed E-state index contributed by atoms with van der Waals surface area (Å²) in [7, 11) is 1.75. The average Bonchev–Trinajstić information content (AvgIpc) is 2.73. The van der Waals surface area contributed by atoms with Gasteiger partial charge in [0.25, 0.3) is 0 Å². The van der Waals surface area contributed by atoms with Gasteiger partial charge in [0.05, 0.1) is 6.10 Å². The molecule has 0 aliphatic carbocycles. The number of imide groups is 1. The molecule has 1 fully saturated rings. The van der Waals surface area contributed by atoms with Crippen LogP contribution in [0, 0.1) is 0 Å². The number of aliphatic hydroxyl groups is 1. The van der Waals surface area contributed by atoms with Crippen molar-refractivity contribution in [3.63, 3.8) is 0 Å². The predicted molar refractivity (Wildman–Crippen MR) is 124 cm³/mol. The summed E-state index contributed by atoms with van der Waals surface area (Å²) in [6.45, 7) is 5.08. The van der Waals surface area contributed by atoms with E-state index < -0.39 is 0 Å². The minimum Gasteiger partial charge on any atom is -0.392 e. The molecule has 0 bridgehead atoms. The first kappa shape index (κ1) is 26.9. The molecule has 6 nitrogen and oxygen atoms in total. The maximum atomic E-state index is 12.0. The first-order chi connectivity index (χ1) is 14.6. The second-order valence-electron chi connectivity index (χ2n) is 8.89. The fourth-order valence-electron chi connectivity index (χ4n) is 3.96. The summed E-state index contributed by atoms with van der Waals surface area (Å²) in [6, 6.07) is -0.147. The highest BCUT2D eigenvalue weighted by molar-refractivity contribution is 5.96. The third-order valence-electron chi connectivity index (χ3n) is 6.03. The van der Waals surface area contributed by atoms with Gasteiger partial charge in [-0.1, -0.05) is 77.6 Å². The number of carbonyl (C=O) groups is 2. The maximum absolute atomic E-state index is 12.0. The third kappa shape index (κ3) is 12.5. The summed E-state index contributed by atoms with van der Waals surface area (Å²) in [5.41, 5.74) is 0. The van der Waals surface area contributed by atoms with Crippen molar-refractivity contribution in [2.45, 2.75) is 109 Å². The summed E-state index contributed by atoms with van der Waals surface area (Å²) in [6.07, 6.45) is 16.7. The number of carbonyl (C=O) groups excluding carboxylic acids is 2. The van der Waals surface area contributed by atoms with Gasteiger partial charge in [0, 0.05) is 33.1 Å². The van der Waals surface area contributed by atoms with Gasteiger partial charge in [-0.05, 0) is 25.8 Å². The SMILES string of the molecule is CCCCCCCCNCC(O)CCCCCCCCCN1C(=O)CCN(C)C1=O. The molecule has 30 heavy (non-hydrogen) atoms. The molecular formula is C24H47N3O3. The number of nitrogens with zero attached hydrogens (tertiary/aromatic N) is 2. The average molecular weight is 426 g/mol. The number of unbranched alkanes of at least 4 members (excludes halogenated alkanes) is 11. The van der Waals surface area contributed by atoms with Gasteiger partial charge in [-0.3, -0.25) is 9.69 Å². The lowest BCUT2D eigenvalue weighted by Crippen LogP contribution is -2.50. The lowest BCUT2D eigenvalue weighted by atomic mass is 10.1. The van der Waals surface area contributed by atoms with Crippen LogP contribution in [0.4, 0.5) is 4.79 Å². The van der Waals surface area contributed by atoms with Crippen LogP contribution in [0.3, 0.4) is 0 Å². The smallest absolute Gasteiger partial charge is 0.326 e. The summed E-state index contributed by atoms with van der Waals surface area (Å²) < 4.78 is 0. The maximum Gasteiger partial charge on any atom is 0.326 e. The Hall–Kier alpha value is -1.14. The molecule has 1 saturated heterocycles. The molecule has 3 amide bonds. The monoisotopic (exact) mass is 425 g/mol. The molecular weight excluding hydrogens is 378 g/mol.